The Morgan fingerprint density at radius 2 is 2.14 bits per heavy atom. The molecule has 0 amide bonds. The van der Waals surface area contributed by atoms with Crippen LogP contribution < -0.4 is 4.90 Å². The van der Waals surface area contributed by atoms with E-state index in [0.29, 0.717) is 0 Å². The van der Waals surface area contributed by atoms with Gasteiger partial charge in [0, 0.05) is 17.6 Å². The normalized spacial score (nSPS) is 14.6. The third-order valence-electron chi connectivity index (χ3n) is 3.71. The summed E-state index contributed by atoms with van der Waals surface area (Å²) in [5.74, 6) is -0.226. The minimum Gasteiger partial charge on any atom is -0.391 e. The van der Waals surface area contributed by atoms with E-state index in [2.05, 4.69) is 25.7 Å². The van der Waals surface area contributed by atoms with Crippen LogP contribution in [0.25, 0.3) is 0 Å². The molecule has 0 atom stereocenters. The Hall–Kier alpha value is -1.46. The zero-order chi connectivity index (χ0) is 15.2. The van der Waals surface area contributed by atoms with Gasteiger partial charge in [-0.05, 0) is 24.1 Å². The molecule has 0 unspecified atom stereocenters. The first-order chi connectivity index (χ1) is 9.90. The maximum Gasteiger partial charge on any atom is 0.190 e. The Bertz CT molecular complexity index is 675. The van der Waals surface area contributed by atoms with E-state index >= 15 is 0 Å². The van der Waals surface area contributed by atoms with E-state index in [0.717, 1.165) is 39.9 Å². The minimum absolute atomic E-state index is 0.00584. The Labute approximate surface area is 128 Å². The highest BCUT2D eigenvalue weighted by Crippen LogP contribution is 2.40. The molecule has 0 aliphatic carbocycles. The number of fused-ring (bicyclic) bond motifs is 1. The molecule has 1 aliphatic heterocycles. The quantitative estimate of drug-likeness (QED) is 0.917. The number of nitrogens with zero attached hydrogens (tertiary/aromatic N) is 2. The van der Waals surface area contributed by atoms with Crippen molar-refractivity contribution < 1.29 is 9.50 Å². The van der Waals surface area contributed by atoms with Crippen LogP contribution in [-0.4, -0.2) is 16.6 Å². The fourth-order valence-electron chi connectivity index (χ4n) is 2.70. The van der Waals surface area contributed by atoms with E-state index in [1.807, 2.05) is 6.07 Å². The second-order valence-electron chi connectivity index (χ2n) is 6.35. The monoisotopic (exact) mass is 306 g/mol. The SMILES string of the molecule is CC(C)(C)c1nc(N2CCc3ccc(F)cc32)sc1CO. The van der Waals surface area contributed by atoms with E-state index in [9.17, 15) is 9.50 Å². The van der Waals surface area contributed by atoms with E-state index in [-0.39, 0.29) is 17.8 Å². The fraction of sp³-hybridized carbons (Fsp3) is 0.438. The summed E-state index contributed by atoms with van der Waals surface area (Å²) in [7, 11) is 0. The van der Waals surface area contributed by atoms with Crippen LogP contribution in [0.1, 0.15) is 36.9 Å². The highest BCUT2D eigenvalue weighted by molar-refractivity contribution is 7.15. The number of rotatable bonds is 2. The molecule has 0 radical (unpaired) electrons. The van der Waals surface area contributed by atoms with Gasteiger partial charge in [0.1, 0.15) is 5.82 Å². The molecule has 1 aromatic carbocycles. The van der Waals surface area contributed by atoms with Gasteiger partial charge in [0.15, 0.2) is 5.13 Å². The molecule has 0 spiro atoms. The summed E-state index contributed by atoms with van der Waals surface area (Å²) in [5.41, 5.74) is 2.86. The summed E-state index contributed by atoms with van der Waals surface area (Å²) >= 11 is 1.50. The van der Waals surface area contributed by atoms with Gasteiger partial charge in [0.25, 0.3) is 0 Å². The molecule has 112 valence electrons. The first-order valence-electron chi connectivity index (χ1n) is 7.07. The molecule has 0 saturated heterocycles. The van der Waals surface area contributed by atoms with Crippen molar-refractivity contribution in [1.82, 2.24) is 4.98 Å². The molecule has 1 N–H and O–H groups in total. The third kappa shape index (κ3) is 2.56. The Morgan fingerprint density at radius 3 is 2.76 bits per heavy atom. The first kappa shape index (κ1) is 14.5. The number of hydrogen-bond acceptors (Lipinski definition) is 4. The molecule has 2 aromatic rings. The molecule has 21 heavy (non-hydrogen) atoms. The summed E-state index contributed by atoms with van der Waals surface area (Å²) in [5, 5.41) is 10.4. The molecule has 0 saturated carbocycles. The number of anilines is 2. The van der Waals surface area contributed by atoms with Gasteiger partial charge in [0.2, 0.25) is 0 Å². The molecule has 1 aliphatic rings. The lowest BCUT2D eigenvalue weighted by Crippen LogP contribution is -2.16. The molecule has 1 aromatic heterocycles. The highest BCUT2D eigenvalue weighted by atomic mass is 32.1. The van der Waals surface area contributed by atoms with Crippen LogP contribution in [-0.2, 0) is 18.4 Å². The van der Waals surface area contributed by atoms with Crippen molar-refractivity contribution in [3.63, 3.8) is 0 Å². The fourth-order valence-corrected chi connectivity index (χ4v) is 3.87. The summed E-state index contributed by atoms with van der Waals surface area (Å²) in [6.07, 6.45) is 0.897. The van der Waals surface area contributed by atoms with Gasteiger partial charge in [-0.25, -0.2) is 9.37 Å². The average Bonchev–Trinajstić information content (AvgIpc) is 3.00. The van der Waals surface area contributed by atoms with Gasteiger partial charge in [0.05, 0.1) is 17.2 Å². The highest BCUT2D eigenvalue weighted by Gasteiger charge is 2.28. The molecule has 0 fully saturated rings. The van der Waals surface area contributed by atoms with Crippen molar-refractivity contribution in [2.24, 2.45) is 0 Å². The van der Waals surface area contributed by atoms with Crippen LogP contribution in [0.3, 0.4) is 0 Å². The predicted octanol–water partition coefficient (Wildman–Crippen LogP) is 3.77. The van der Waals surface area contributed by atoms with E-state index in [4.69, 9.17) is 4.98 Å². The average molecular weight is 306 g/mol. The number of thiazole rings is 1. The molecule has 3 nitrogen and oxygen atoms in total. The van der Waals surface area contributed by atoms with Gasteiger partial charge in [-0.15, -0.1) is 0 Å². The van der Waals surface area contributed by atoms with Gasteiger partial charge in [-0.2, -0.15) is 0 Å². The van der Waals surface area contributed by atoms with E-state index in [1.54, 1.807) is 6.07 Å². The maximum absolute atomic E-state index is 13.5. The van der Waals surface area contributed by atoms with Gasteiger partial charge in [-0.1, -0.05) is 38.2 Å². The van der Waals surface area contributed by atoms with Gasteiger partial charge < -0.3 is 10.0 Å². The second-order valence-corrected chi connectivity index (χ2v) is 7.41. The van der Waals surface area contributed by atoms with Crippen LogP contribution in [0.5, 0.6) is 0 Å². The Morgan fingerprint density at radius 1 is 1.38 bits per heavy atom. The van der Waals surface area contributed by atoms with Crippen molar-refractivity contribution in [3.05, 3.63) is 40.2 Å². The summed E-state index contributed by atoms with van der Waals surface area (Å²) in [4.78, 5) is 7.67. The molecule has 5 heteroatoms. The Kier molecular flexibility index (Phi) is 3.50. The number of benzene rings is 1. The molecular formula is C16H19FN2OS. The zero-order valence-corrected chi connectivity index (χ0v) is 13.3. The molecule has 0 bridgehead atoms. The Balaban J connectivity index is 2.04. The minimum atomic E-state index is -0.226. The zero-order valence-electron chi connectivity index (χ0n) is 12.5. The second kappa shape index (κ2) is 5.07. The molecule has 2 heterocycles. The lowest BCUT2D eigenvalue weighted by atomic mass is 9.91. The number of aliphatic hydroxyl groups is 1. The molecular weight excluding hydrogens is 287 g/mol. The third-order valence-corrected chi connectivity index (χ3v) is 4.78. The van der Waals surface area contributed by atoms with Crippen molar-refractivity contribution in [2.45, 2.75) is 39.2 Å². The predicted molar refractivity (Wildman–Crippen MR) is 83.8 cm³/mol. The number of hydrogen-bond donors (Lipinski definition) is 1. The largest absolute Gasteiger partial charge is 0.391 e. The lowest BCUT2D eigenvalue weighted by molar-refractivity contribution is 0.282. The maximum atomic E-state index is 13.5. The number of aromatic nitrogens is 1. The molecule has 3 rings (SSSR count). The van der Waals surface area contributed by atoms with E-state index in [1.165, 1.54) is 17.4 Å². The number of halogens is 1. The standard InChI is InChI=1S/C16H19FN2OS/c1-16(2,3)14-13(9-20)21-15(18-14)19-7-6-10-4-5-11(17)8-12(10)19/h4-5,8,20H,6-7,9H2,1-3H3. The topological polar surface area (TPSA) is 36.4 Å². The van der Waals surface area contributed by atoms with Crippen molar-refractivity contribution in [1.29, 1.82) is 0 Å². The smallest absolute Gasteiger partial charge is 0.190 e. The van der Waals surface area contributed by atoms with Crippen LogP contribution >= 0.6 is 11.3 Å². The van der Waals surface area contributed by atoms with Gasteiger partial charge in [-0.3, -0.25) is 0 Å². The van der Waals surface area contributed by atoms with Crippen LogP contribution in [0, 0.1) is 5.82 Å². The summed E-state index contributed by atoms with van der Waals surface area (Å²) < 4.78 is 13.5. The van der Waals surface area contributed by atoms with Crippen molar-refractivity contribution >= 4 is 22.2 Å². The number of aliphatic hydroxyl groups excluding tert-OH is 1. The lowest BCUT2D eigenvalue weighted by Gasteiger charge is -2.18. The van der Waals surface area contributed by atoms with Crippen LogP contribution in [0.4, 0.5) is 15.2 Å². The van der Waals surface area contributed by atoms with Crippen LogP contribution in [0.2, 0.25) is 0 Å². The van der Waals surface area contributed by atoms with E-state index < -0.39 is 0 Å². The van der Waals surface area contributed by atoms with Gasteiger partial charge >= 0.3 is 0 Å². The summed E-state index contributed by atoms with van der Waals surface area (Å²) in [6, 6.07) is 4.92. The van der Waals surface area contributed by atoms with Crippen molar-refractivity contribution in [2.75, 3.05) is 11.4 Å². The van der Waals surface area contributed by atoms with Crippen molar-refractivity contribution in [3.8, 4) is 0 Å². The van der Waals surface area contributed by atoms with Crippen LogP contribution in [0.15, 0.2) is 18.2 Å². The first-order valence-corrected chi connectivity index (χ1v) is 7.89. The summed E-state index contributed by atoms with van der Waals surface area (Å²) in [6.45, 7) is 7.06.